The number of benzene rings is 2. The molecule has 7 rings (SSSR count). The minimum absolute atomic E-state index is 0.424. The molecule has 186 valence electrons. The molecule has 0 bridgehead atoms. The number of nitrogens with one attached hydrogen (secondary N) is 1. The monoisotopic (exact) mass is 488 g/mol. The summed E-state index contributed by atoms with van der Waals surface area (Å²) in [5.41, 5.74) is 12.2. The number of anilines is 1. The van der Waals surface area contributed by atoms with Gasteiger partial charge in [-0.2, -0.15) is 0 Å². The maximum atomic E-state index is 6.42. The second-order valence-corrected chi connectivity index (χ2v) is 10.7. The quantitative estimate of drug-likeness (QED) is 0.297. The van der Waals surface area contributed by atoms with E-state index in [1.807, 2.05) is 24.4 Å². The lowest BCUT2D eigenvalue weighted by atomic mass is 9.79. The van der Waals surface area contributed by atoms with Gasteiger partial charge in [0.1, 0.15) is 22.9 Å². The summed E-state index contributed by atoms with van der Waals surface area (Å²) in [6.07, 6.45) is 11.6. The highest BCUT2D eigenvalue weighted by Crippen LogP contribution is 2.40. The lowest BCUT2D eigenvalue weighted by Gasteiger charge is -2.36. The molecule has 2 aromatic carbocycles. The van der Waals surface area contributed by atoms with Gasteiger partial charge in [0, 0.05) is 40.9 Å². The van der Waals surface area contributed by atoms with Crippen LogP contribution in [0.1, 0.15) is 50.3 Å². The number of hydrogen-bond donors (Lipinski definition) is 2. The van der Waals surface area contributed by atoms with E-state index in [0.29, 0.717) is 17.8 Å². The normalized spacial score (nSPS) is 20.0. The minimum atomic E-state index is 0.424. The summed E-state index contributed by atoms with van der Waals surface area (Å²) in [5.74, 6) is 2.89. The molecule has 0 spiro atoms. The van der Waals surface area contributed by atoms with E-state index in [-0.39, 0.29) is 0 Å². The van der Waals surface area contributed by atoms with E-state index >= 15 is 0 Å². The first-order valence-electron chi connectivity index (χ1n) is 13.6. The van der Waals surface area contributed by atoms with Crippen molar-refractivity contribution in [3.63, 3.8) is 0 Å². The Morgan fingerprint density at radius 3 is 2.57 bits per heavy atom. The molecule has 37 heavy (non-hydrogen) atoms. The number of pyridine rings is 1. The van der Waals surface area contributed by atoms with Crippen LogP contribution in [0.15, 0.2) is 73.1 Å². The van der Waals surface area contributed by atoms with E-state index < -0.39 is 0 Å². The molecule has 3 aromatic heterocycles. The van der Waals surface area contributed by atoms with E-state index in [2.05, 4.69) is 57.2 Å². The van der Waals surface area contributed by atoms with E-state index in [0.717, 1.165) is 70.1 Å². The lowest BCUT2D eigenvalue weighted by Crippen LogP contribution is -2.42. The zero-order valence-electron chi connectivity index (χ0n) is 21.0. The molecular formula is C31H32N6. The van der Waals surface area contributed by atoms with Gasteiger partial charge in [0.15, 0.2) is 0 Å². The topological polar surface area (TPSA) is 81.1 Å². The fraction of sp³-hybridized carbons (Fsp3) is 0.323. The van der Waals surface area contributed by atoms with E-state index in [1.165, 1.54) is 25.7 Å². The van der Waals surface area contributed by atoms with Gasteiger partial charge in [-0.25, -0.2) is 15.0 Å². The Bertz CT molecular complexity index is 1560. The molecule has 0 radical (unpaired) electrons. The standard InChI is InChI=1S/C31H32N6/c32-30-29-28(23-11-10-22-12-13-26(35-27(22)18-23)21-8-2-1-3-9-21)36-31(37(29)15-14-33-30)24-16-25(17-24)34-19-20-6-4-5-7-20/h1-3,8-15,18,20,24-25,34H,4-7,16-17,19H2,(H2,32,33). The van der Waals surface area contributed by atoms with Gasteiger partial charge in [-0.05, 0) is 50.3 Å². The van der Waals surface area contributed by atoms with Crippen LogP contribution in [0.5, 0.6) is 0 Å². The molecule has 5 aromatic rings. The minimum Gasteiger partial charge on any atom is -0.382 e. The summed E-state index contributed by atoms with van der Waals surface area (Å²) >= 11 is 0. The SMILES string of the molecule is Nc1nccn2c(C3CC(NCC4CCCC4)C3)nc(-c3ccc4ccc(-c5ccccc5)nc4c3)c12. The molecule has 0 aliphatic heterocycles. The van der Waals surface area contributed by atoms with Crippen molar-refractivity contribution in [2.75, 3.05) is 12.3 Å². The van der Waals surface area contributed by atoms with Gasteiger partial charge in [0.2, 0.25) is 0 Å². The third-order valence-corrected chi connectivity index (χ3v) is 8.32. The van der Waals surface area contributed by atoms with Crippen molar-refractivity contribution in [3.8, 4) is 22.5 Å². The van der Waals surface area contributed by atoms with Crippen LogP contribution in [0, 0.1) is 5.92 Å². The third kappa shape index (κ3) is 4.15. The van der Waals surface area contributed by atoms with Crippen LogP contribution in [0.25, 0.3) is 38.9 Å². The molecule has 6 nitrogen and oxygen atoms in total. The number of imidazole rings is 1. The Hall–Kier alpha value is -3.77. The Morgan fingerprint density at radius 2 is 1.73 bits per heavy atom. The van der Waals surface area contributed by atoms with Crippen molar-refractivity contribution in [2.45, 2.75) is 50.5 Å². The fourth-order valence-electron chi connectivity index (χ4n) is 6.15. The average molecular weight is 489 g/mol. The first-order chi connectivity index (χ1) is 18.2. The average Bonchev–Trinajstić information content (AvgIpc) is 3.57. The summed E-state index contributed by atoms with van der Waals surface area (Å²) in [6, 6.07) is 21.5. The van der Waals surface area contributed by atoms with Gasteiger partial charge in [0.05, 0.1) is 11.2 Å². The number of fused-ring (bicyclic) bond motifs is 2. The van der Waals surface area contributed by atoms with Crippen LogP contribution < -0.4 is 11.1 Å². The van der Waals surface area contributed by atoms with Gasteiger partial charge < -0.3 is 11.1 Å². The number of aromatic nitrogens is 4. The molecule has 0 amide bonds. The maximum Gasteiger partial charge on any atom is 0.150 e. The van der Waals surface area contributed by atoms with Gasteiger partial charge in [-0.15, -0.1) is 0 Å². The molecule has 3 N–H and O–H groups in total. The third-order valence-electron chi connectivity index (χ3n) is 8.32. The van der Waals surface area contributed by atoms with Crippen LogP contribution >= 0.6 is 0 Å². The molecule has 3 heterocycles. The number of rotatable bonds is 6. The highest BCUT2D eigenvalue weighted by molar-refractivity contribution is 5.91. The second-order valence-electron chi connectivity index (χ2n) is 10.7. The fourth-order valence-corrected chi connectivity index (χ4v) is 6.15. The maximum absolute atomic E-state index is 6.42. The molecule has 0 saturated heterocycles. The molecular weight excluding hydrogens is 456 g/mol. The first-order valence-corrected chi connectivity index (χ1v) is 13.6. The van der Waals surface area contributed by atoms with E-state index in [9.17, 15) is 0 Å². The zero-order chi connectivity index (χ0) is 24.8. The Balaban J connectivity index is 1.21. The van der Waals surface area contributed by atoms with Crippen molar-refractivity contribution in [2.24, 2.45) is 5.92 Å². The predicted octanol–water partition coefficient (Wildman–Crippen LogP) is 6.22. The molecule has 6 heteroatoms. The largest absolute Gasteiger partial charge is 0.382 e. The summed E-state index contributed by atoms with van der Waals surface area (Å²) in [6.45, 7) is 1.16. The predicted molar refractivity (Wildman–Crippen MR) is 149 cm³/mol. The van der Waals surface area contributed by atoms with Crippen molar-refractivity contribution in [1.29, 1.82) is 0 Å². The van der Waals surface area contributed by atoms with Crippen LogP contribution in [-0.2, 0) is 0 Å². The van der Waals surface area contributed by atoms with Crippen molar-refractivity contribution in [1.82, 2.24) is 24.7 Å². The number of hydrogen-bond acceptors (Lipinski definition) is 5. The number of nitrogens with two attached hydrogens (primary N) is 1. The first kappa shape index (κ1) is 22.4. The van der Waals surface area contributed by atoms with Gasteiger partial charge >= 0.3 is 0 Å². The molecule has 0 unspecified atom stereocenters. The second kappa shape index (κ2) is 9.27. The van der Waals surface area contributed by atoms with Crippen molar-refractivity contribution < 1.29 is 0 Å². The Labute approximate surface area is 217 Å². The molecule has 2 saturated carbocycles. The van der Waals surface area contributed by atoms with E-state index in [4.69, 9.17) is 15.7 Å². The van der Waals surface area contributed by atoms with Crippen molar-refractivity contribution >= 4 is 22.2 Å². The number of nitrogen functional groups attached to an aromatic ring is 1. The lowest BCUT2D eigenvalue weighted by molar-refractivity contribution is 0.268. The molecule has 2 aliphatic rings. The molecule has 2 fully saturated rings. The zero-order valence-corrected chi connectivity index (χ0v) is 21.0. The Kier molecular flexibility index (Phi) is 5.62. The van der Waals surface area contributed by atoms with Crippen LogP contribution in [0.2, 0.25) is 0 Å². The van der Waals surface area contributed by atoms with Crippen LogP contribution in [-0.4, -0.2) is 31.9 Å². The Morgan fingerprint density at radius 1 is 0.919 bits per heavy atom. The van der Waals surface area contributed by atoms with Crippen LogP contribution in [0.4, 0.5) is 5.82 Å². The van der Waals surface area contributed by atoms with E-state index in [1.54, 1.807) is 6.20 Å². The molecule has 0 atom stereocenters. The van der Waals surface area contributed by atoms with Gasteiger partial charge in [-0.3, -0.25) is 4.40 Å². The van der Waals surface area contributed by atoms with Gasteiger partial charge in [0.25, 0.3) is 0 Å². The summed E-state index contributed by atoms with van der Waals surface area (Å²) in [7, 11) is 0. The van der Waals surface area contributed by atoms with Gasteiger partial charge in [-0.1, -0.05) is 61.4 Å². The van der Waals surface area contributed by atoms with Crippen molar-refractivity contribution in [3.05, 3.63) is 78.9 Å². The summed E-state index contributed by atoms with van der Waals surface area (Å²) in [5, 5.41) is 4.92. The summed E-state index contributed by atoms with van der Waals surface area (Å²) in [4.78, 5) is 14.6. The number of nitrogens with zero attached hydrogens (tertiary/aromatic N) is 4. The summed E-state index contributed by atoms with van der Waals surface area (Å²) < 4.78 is 2.16. The smallest absolute Gasteiger partial charge is 0.150 e. The highest BCUT2D eigenvalue weighted by atomic mass is 15.1. The van der Waals surface area contributed by atoms with Crippen LogP contribution in [0.3, 0.4) is 0 Å². The molecule has 2 aliphatic carbocycles. The highest BCUT2D eigenvalue weighted by Gasteiger charge is 2.34.